The Morgan fingerprint density at radius 1 is 1.15 bits per heavy atom. The summed E-state index contributed by atoms with van der Waals surface area (Å²) in [6.45, 7) is 7.10. The lowest BCUT2D eigenvalue weighted by molar-refractivity contribution is -0.132. The first-order chi connectivity index (χ1) is 6.13. The van der Waals surface area contributed by atoms with Gasteiger partial charge >= 0.3 is 5.97 Å². The topological polar surface area (TPSA) is 37.3 Å². The van der Waals surface area contributed by atoms with E-state index in [0.29, 0.717) is 5.57 Å². The molecule has 0 atom stereocenters. The van der Waals surface area contributed by atoms with Gasteiger partial charge in [0.2, 0.25) is 0 Å². The Kier molecular flexibility index (Phi) is 2.65. The molecule has 1 aromatic rings. The van der Waals surface area contributed by atoms with Crippen LogP contribution in [0.2, 0.25) is 0 Å². The Hall–Kier alpha value is -1.83. The van der Waals surface area contributed by atoms with Crippen LogP contribution in [-0.2, 0) is 4.79 Å². The standard InChI is InChI=1S/C11H10O2/c1-8(9(2)11(12)13)10-6-4-3-5-7-10/h3-7H,1-2H2,(H,12,13). The summed E-state index contributed by atoms with van der Waals surface area (Å²) in [6, 6.07) is 9.12. The fourth-order valence-corrected chi connectivity index (χ4v) is 0.943. The van der Waals surface area contributed by atoms with Crippen LogP contribution in [0, 0.1) is 0 Å². The summed E-state index contributed by atoms with van der Waals surface area (Å²) in [5.41, 5.74) is 1.27. The van der Waals surface area contributed by atoms with Gasteiger partial charge in [0.25, 0.3) is 0 Å². The maximum Gasteiger partial charge on any atom is 0.335 e. The number of carbonyl (C=O) groups is 1. The molecule has 2 heteroatoms. The molecular formula is C11H10O2. The lowest BCUT2D eigenvalue weighted by Gasteiger charge is -2.04. The third-order valence-electron chi connectivity index (χ3n) is 1.74. The van der Waals surface area contributed by atoms with E-state index in [0.717, 1.165) is 5.56 Å². The Labute approximate surface area is 76.8 Å². The highest BCUT2D eigenvalue weighted by molar-refractivity contribution is 6.03. The highest BCUT2D eigenvalue weighted by Crippen LogP contribution is 2.18. The first-order valence-corrected chi connectivity index (χ1v) is 3.80. The smallest absolute Gasteiger partial charge is 0.335 e. The van der Waals surface area contributed by atoms with Crippen LogP contribution >= 0.6 is 0 Å². The molecule has 0 unspecified atom stereocenters. The van der Waals surface area contributed by atoms with Crippen LogP contribution in [0.4, 0.5) is 0 Å². The summed E-state index contributed by atoms with van der Waals surface area (Å²) in [7, 11) is 0. The van der Waals surface area contributed by atoms with E-state index in [1.165, 1.54) is 0 Å². The Morgan fingerprint density at radius 2 is 1.69 bits per heavy atom. The molecule has 0 amide bonds. The van der Waals surface area contributed by atoms with Crippen LogP contribution in [0.15, 0.2) is 49.1 Å². The van der Waals surface area contributed by atoms with Crippen molar-refractivity contribution in [3.8, 4) is 0 Å². The molecule has 0 saturated heterocycles. The average Bonchev–Trinajstić information content (AvgIpc) is 2.17. The van der Waals surface area contributed by atoms with E-state index in [4.69, 9.17) is 5.11 Å². The van der Waals surface area contributed by atoms with Gasteiger partial charge in [-0.3, -0.25) is 0 Å². The van der Waals surface area contributed by atoms with Crippen LogP contribution < -0.4 is 0 Å². The molecule has 0 bridgehead atoms. The van der Waals surface area contributed by atoms with Crippen molar-refractivity contribution in [1.82, 2.24) is 0 Å². The third-order valence-corrected chi connectivity index (χ3v) is 1.74. The van der Waals surface area contributed by atoms with Crippen molar-refractivity contribution in [3.63, 3.8) is 0 Å². The molecule has 2 nitrogen and oxygen atoms in total. The van der Waals surface area contributed by atoms with Crippen LogP contribution in [0.3, 0.4) is 0 Å². The highest BCUT2D eigenvalue weighted by Gasteiger charge is 2.09. The number of rotatable bonds is 3. The lowest BCUT2D eigenvalue weighted by Crippen LogP contribution is -2.00. The SMILES string of the molecule is C=C(C(=C)c1ccccc1)C(=O)O. The van der Waals surface area contributed by atoms with Gasteiger partial charge in [-0.05, 0) is 11.1 Å². The van der Waals surface area contributed by atoms with Gasteiger partial charge in [0.05, 0.1) is 5.57 Å². The molecule has 1 aromatic carbocycles. The number of hydrogen-bond acceptors (Lipinski definition) is 1. The van der Waals surface area contributed by atoms with Crippen molar-refractivity contribution in [3.05, 3.63) is 54.6 Å². The molecule has 1 N–H and O–H groups in total. The molecule has 66 valence electrons. The minimum Gasteiger partial charge on any atom is -0.478 e. The molecule has 1 rings (SSSR count). The van der Waals surface area contributed by atoms with Crippen molar-refractivity contribution in [2.45, 2.75) is 0 Å². The molecule has 0 aromatic heterocycles. The minimum absolute atomic E-state index is 0.0335. The Bertz CT molecular complexity index is 350. The molecule has 0 radical (unpaired) electrons. The zero-order valence-electron chi connectivity index (χ0n) is 7.16. The van der Waals surface area contributed by atoms with Crippen molar-refractivity contribution in [2.75, 3.05) is 0 Å². The molecule has 0 saturated carbocycles. The van der Waals surface area contributed by atoms with Gasteiger partial charge in [0.15, 0.2) is 0 Å². The Balaban J connectivity index is 2.93. The van der Waals surface area contributed by atoms with Crippen LogP contribution in [0.5, 0.6) is 0 Å². The summed E-state index contributed by atoms with van der Waals surface area (Å²) >= 11 is 0. The molecular weight excluding hydrogens is 164 g/mol. The summed E-state index contributed by atoms with van der Waals surface area (Å²) in [4.78, 5) is 10.6. The zero-order valence-corrected chi connectivity index (χ0v) is 7.16. The van der Waals surface area contributed by atoms with Gasteiger partial charge in [-0.2, -0.15) is 0 Å². The van der Waals surface area contributed by atoms with Gasteiger partial charge in [-0.25, -0.2) is 4.79 Å². The monoisotopic (exact) mass is 174 g/mol. The first-order valence-electron chi connectivity index (χ1n) is 3.80. The lowest BCUT2D eigenvalue weighted by atomic mass is 10.0. The number of carboxylic acid groups (broad SMARTS) is 1. The molecule has 0 aliphatic rings. The second-order valence-corrected chi connectivity index (χ2v) is 2.63. The molecule has 0 aliphatic carbocycles. The van der Waals surface area contributed by atoms with Crippen molar-refractivity contribution in [1.29, 1.82) is 0 Å². The van der Waals surface area contributed by atoms with Gasteiger partial charge in [0.1, 0.15) is 0 Å². The second-order valence-electron chi connectivity index (χ2n) is 2.63. The molecule has 0 spiro atoms. The van der Waals surface area contributed by atoms with Gasteiger partial charge in [-0.15, -0.1) is 0 Å². The van der Waals surface area contributed by atoms with Crippen LogP contribution in [-0.4, -0.2) is 11.1 Å². The number of aliphatic carboxylic acids is 1. The second kappa shape index (κ2) is 3.72. The number of hydrogen-bond donors (Lipinski definition) is 1. The predicted octanol–water partition coefficient (Wildman–Crippen LogP) is 2.34. The van der Waals surface area contributed by atoms with E-state index in [9.17, 15) is 4.79 Å². The van der Waals surface area contributed by atoms with Gasteiger partial charge in [-0.1, -0.05) is 43.5 Å². The molecule has 0 fully saturated rings. The van der Waals surface area contributed by atoms with Crippen LogP contribution in [0.25, 0.3) is 5.57 Å². The fraction of sp³-hybridized carbons (Fsp3) is 0. The maximum atomic E-state index is 10.6. The van der Waals surface area contributed by atoms with E-state index in [-0.39, 0.29) is 5.57 Å². The summed E-state index contributed by atoms with van der Waals surface area (Å²) in [5, 5.41) is 8.65. The zero-order chi connectivity index (χ0) is 9.84. The predicted molar refractivity (Wildman–Crippen MR) is 52.3 cm³/mol. The quantitative estimate of drug-likeness (QED) is 0.564. The molecule has 0 aliphatic heterocycles. The largest absolute Gasteiger partial charge is 0.478 e. The summed E-state index contributed by atoms with van der Waals surface area (Å²) in [6.07, 6.45) is 0. The average molecular weight is 174 g/mol. The Morgan fingerprint density at radius 3 is 2.15 bits per heavy atom. The van der Waals surface area contributed by atoms with E-state index in [1.54, 1.807) is 12.1 Å². The summed E-state index contributed by atoms with van der Waals surface area (Å²) < 4.78 is 0. The van der Waals surface area contributed by atoms with Crippen molar-refractivity contribution >= 4 is 11.5 Å². The maximum absolute atomic E-state index is 10.6. The van der Waals surface area contributed by atoms with Gasteiger partial charge in [0, 0.05) is 0 Å². The number of benzene rings is 1. The number of carboxylic acids is 1. The summed E-state index contributed by atoms with van der Waals surface area (Å²) in [5.74, 6) is -1.03. The fourth-order valence-electron chi connectivity index (χ4n) is 0.943. The minimum atomic E-state index is -1.03. The first kappa shape index (κ1) is 9.26. The normalized spacial score (nSPS) is 9.23. The van der Waals surface area contributed by atoms with Gasteiger partial charge < -0.3 is 5.11 Å². The highest BCUT2D eigenvalue weighted by atomic mass is 16.4. The van der Waals surface area contributed by atoms with E-state index in [2.05, 4.69) is 13.2 Å². The van der Waals surface area contributed by atoms with E-state index < -0.39 is 5.97 Å². The third kappa shape index (κ3) is 2.06. The van der Waals surface area contributed by atoms with Crippen LogP contribution in [0.1, 0.15) is 5.56 Å². The van der Waals surface area contributed by atoms with E-state index >= 15 is 0 Å². The molecule has 0 heterocycles. The van der Waals surface area contributed by atoms with Crippen molar-refractivity contribution in [2.24, 2.45) is 0 Å². The molecule has 13 heavy (non-hydrogen) atoms. The van der Waals surface area contributed by atoms with E-state index in [1.807, 2.05) is 18.2 Å². The van der Waals surface area contributed by atoms with Crippen molar-refractivity contribution < 1.29 is 9.90 Å².